The summed E-state index contributed by atoms with van der Waals surface area (Å²) in [5.74, 6) is 0. The molecule has 1 saturated heterocycles. The van der Waals surface area contributed by atoms with Gasteiger partial charge < -0.3 is 4.74 Å². The molecule has 3 aromatic carbocycles. The molecule has 0 N–H and O–H groups in total. The third-order valence-electron chi connectivity index (χ3n) is 6.87. The maximum absolute atomic E-state index is 5.43. The zero-order chi connectivity index (χ0) is 21.9. The van der Waals surface area contributed by atoms with Crippen molar-refractivity contribution in [1.82, 2.24) is 0 Å². The van der Waals surface area contributed by atoms with E-state index >= 15 is 0 Å². The van der Waals surface area contributed by atoms with E-state index in [1.807, 2.05) is 29.4 Å². The molecule has 160 valence electrons. The van der Waals surface area contributed by atoms with E-state index in [-0.39, 0.29) is 6.10 Å². The molecule has 0 saturated carbocycles. The van der Waals surface area contributed by atoms with E-state index in [9.17, 15) is 0 Å². The number of ether oxygens (including phenoxy) is 1. The van der Waals surface area contributed by atoms with E-state index < -0.39 is 15.2 Å². The molecule has 1 fully saturated rings. The summed E-state index contributed by atoms with van der Waals surface area (Å²) < 4.78 is 5.43. The number of hydrogen-bond acceptors (Lipinski definition) is 3. The number of hydrazone groups is 1. The smallest absolute Gasteiger partial charge is 0.101 e. The highest BCUT2D eigenvalue weighted by Crippen LogP contribution is 2.21. The quantitative estimate of drug-likeness (QED) is 0.221. The van der Waals surface area contributed by atoms with Crippen LogP contribution in [0.4, 0.5) is 5.69 Å². The first-order valence-electron chi connectivity index (χ1n) is 11.0. The van der Waals surface area contributed by atoms with E-state index in [4.69, 9.17) is 9.84 Å². The summed E-state index contributed by atoms with van der Waals surface area (Å²) >= 11 is 0. The minimum Gasteiger partial charge on any atom is -0.371 e. The zero-order valence-corrected chi connectivity index (χ0v) is 21.0. The van der Waals surface area contributed by atoms with Crippen LogP contribution in [0.5, 0.6) is 0 Å². The minimum absolute atomic E-state index is 0.289. The Hall–Kier alpha value is -2.48. The van der Waals surface area contributed by atoms with Crippen LogP contribution in [-0.2, 0) is 4.74 Å². The van der Waals surface area contributed by atoms with Crippen LogP contribution in [-0.4, -0.2) is 40.7 Å². The van der Waals surface area contributed by atoms with Gasteiger partial charge in [0.2, 0.25) is 0 Å². The van der Waals surface area contributed by atoms with Gasteiger partial charge in [-0.05, 0) is 17.7 Å². The SMILES string of the molecule is C[Si](C)(c1ccccc1)[Si](C)(C)c1ccc(/C=N\N(CC2CO2)c2ccccc2)cc1. The summed E-state index contributed by atoms with van der Waals surface area (Å²) in [6, 6.07) is 30.5. The van der Waals surface area contributed by atoms with Crippen LogP contribution in [0.3, 0.4) is 0 Å². The first kappa shape index (κ1) is 21.7. The first-order chi connectivity index (χ1) is 14.9. The highest BCUT2D eigenvalue weighted by Gasteiger charge is 2.43. The van der Waals surface area contributed by atoms with Crippen LogP contribution >= 0.6 is 0 Å². The van der Waals surface area contributed by atoms with E-state index in [0.29, 0.717) is 0 Å². The summed E-state index contributed by atoms with van der Waals surface area (Å²) in [4.78, 5) is 0. The highest BCUT2D eigenvalue weighted by atomic mass is 29.3. The minimum atomic E-state index is -1.61. The van der Waals surface area contributed by atoms with Crippen molar-refractivity contribution in [2.75, 3.05) is 18.2 Å². The molecule has 0 aromatic heterocycles. The second-order valence-corrected chi connectivity index (χ2v) is 24.5. The second kappa shape index (κ2) is 8.95. The van der Waals surface area contributed by atoms with E-state index in [2.05, 4.69) is 92.9 Å². The Morgan fingerprint density at radius 3 is 1.87 bits per heavy atom. The van der Waals surface area contributed by atoms with Crippen molar-refractivity contribution in [3.05, 3.63) is 90.5 Å². The number of para-hydroxylation sites is 1. The molecular weight excluding hydrogens is 412 g/mol. The van der Waals surface area contributed by atoms with E-state index in [1.165, 1.54) is 5.19 Å². The molecule has 3 nitrogen and oxygen atoms in total. The third kappa shape index (κ3) is 4.89. The van der Waals surface area contributed by atoms with Crippen molar-refractivity contribution in [2.24, 2.45) is 5.10 Å². The van der Waals surface area contributed by atoms with E-state index in [0.717, 1.165) is 24.4 Å². The lowest BCUT2D eigenvalue weighted by molar-refractivity contribution is 0.408. The van der Waals surface area contributed by atoms with Gasteiger partial charge in [0.15, 0.2) is 0 Å². The molecule has 1 heterocycles. The number of anilines is 1. The summed E-state index contributed by atoms with van der Waals surface area (Å²) in [6.07, 6.45) is 2.25. The molecule has 0 bridgehead atoms. The Labute approximate surface area is 188 Å². The topological polar surface area (TPSA) is 28.1 Å². The lowest BCUT2D eigenvalue weighted by atomic mass is 10.2. The average Bonchev–Trinajstić information content (AvgIpc) is 3.62. The van der Waals surface area contributed by atoms with Gasteiger partial charge in [-0.2, -0.15) is 5.10 Å². The van der Waals surface area contributed by atoms with Crippen LogP contribution in [0.25, 0.3) is 0 Å². The summed E-state index contributed by atoms with van der Waals surface area (Å²) in [7, 11) is -3.19. The van der Waals surface area contributed by atoms with Crippen LogP contribution in [0.1, 0.15) is 5.56 Å². The first-order valence-corrected chi connectivity index (χ1v) is 18.0. The number of hydrogen-bond donors (Lipinski definition) is 0. The molecule has 0 radical (unpaired) electrons. The van der Waals surface area contributed by atoms with Crippen LogP contribution in [0, 0.1) is 0 Å². The van der Waals surface area contributed by atoms with Gasteiger partial charge in [-0.3, -0.25) is 5.01 Å². The number of nitrogens with zero attached hydrogens (tertiary/aromatic N) is 2. The van der Waals surface area contributed by atoms with E-state index in [1.54, 1.807) is 5.19 Å². The van der Waals surface area contributed by atoms with Gasteiger partial charge in [0.1, 0.15) is 6.10 Å². The van der Waals surface area contributed by atoms with Crippen molar-refractivity contribution in [3.63, 3.8) is 0 Å². The normalized spacial score (nSPS) is 16.5. The Bertz CT molecular complexity index is 1010. The molecule has 0 aliphatic carbocycles. The van der Waals surface area contributed by atoms with Crippen LogP contribution in [0.2, 0.25) is 26.2 Å². The fourth-order valence-electron chi connectivity index (χ4n) is 3.88. The number of rotatable bonds is 8. The third-order valence-corrected chi connectivity index (χ3v) is 24.7. The Balaban J connectivity index is 1.53. The maximum atomic E-state index is 5.43. The van der Waals surface area contributed by atoms with Crippen molar-refractivity contribution < 1.29 is 4.74 Å². The van der Waals surface area contributed by atoms with Crippen molar-refractivity contribution in [3.8, 4) is 0 Å². The molecule has 1 aliphatic heterocycles. The van der Waals surface area contributed by atoms with Gasteiger partial charge in [0.25, 0.3) is 0 Å². The zero-order valence-electron chi connectivity index (χ0n) is 19.0. The Kier molecular flexibility index (Phi) is 6.27. The fraction of sp³-hybridized carbons (Fsp3) is 0.269. The standard InChI is InChI=1S/C26H32N2OSi2/c1-30(2,25-13-9-6-10-14-25)31(3,4)26-17-15-22(16-18-26)19-27-28(20-24-21-29-24)23-11-7-5-8-12-23/h5-19,24H,20-21H2,1-4H3/b27-19-. The van der Waals surface area contributed by atoms with Crippen molar-refractivity contribution >= 4 is 37.5 Å². The predicted octanol–water partition coefficient (Wildman–Crippen LogP) is 4.54. The largest absolute Gasteiger partial charge is 0.371 e. The lowest BCUT2D eigenvalue weighted by Gasteiger charge is -2.39. The monoisotopic (exact) mass is 444 g/mol. The average molecular weight is 445 g/mol. The van der Waals surface area contributed by atoms with Gasteiger partial charge in [-0.1, -0.05) is 109 Å². The van der Waals surface area contributed by atoms with Crippen molar-refractivity contribution in [2.45, 2.75) is 32.3 Å². The van der Waals surface area contributed by atoms with Crippen LogP contribution < -0.4 is 15.4 Å². The molecule has 1 atom stereocenters. The molecule has 0 amide bonds. The van der Waals surface area contributed by atoms with Gasteiger partial charge in [0, 0.05) is 0 Å². The highest BCUT2D eigenvalue weighted by molar-refractivity contribution is 7.49. The van der Waals surface area contributed by atoms with Gasteiger partial charge in [-0.15, -0.1) is 0 Å². The molecule has 5 heteroatoms. The Morgan fingerprint density at radius 2 is 1.32 bits per heavy atom. The fourth-order valence-corrected chi connectivity index (χ4v) is 12.7. The van der Waals surface area contributed by atoms with Gasteiger partial charge in [0.05, 0.1) is 40.2 Å². The lowest BCUT2D eigenvalue weighted by Crippen LogP contribution is -2.69. The molecule has 31 heavy (non-hydrogen) atoms. The molecule has 0 spiro atoms. The Morgan fingerprint density at radius 1 is 0.806 bits per heavy atom. The summed E-state index contributed by atoms with van der Waals surface area (Å²) in [5.41, 5.74) is 2.22. The van der Waals surface area contributed by atoms with Gasteiger partial charge in [-0.25, -0.2) is 0 Å². The summed E-state index contributed by atoms with van der Waals surface area (Å²) in [5, 5.41) is 9.90. The molecule has 1 aliphatic rings. The molecular formula is C26H32N2OSi2. The molecule has 3 aromatic rings. The number of epoxide rings is 1. The maximum Gasteiger partial charge on any atom is 0.101 e. The molecule has 4 rings (SSSR count). The number of benzene rings is 3. The summed E-state index contributed by atoms with van der Waals surface area (Å²) in [6.45, 7) is 11.7. The van der Waals surface area contributed by atoms with Gasteiger partial charge >= 0.3 is 0 Å². The molecule has 1 unspecified atom stereocenters. The second-order valence-electron chi connectivity index (χ2n) is 9.36. The van der Waals surface area contributed by atoms with Crippen LogP contribution in [0.15, 0.2) is 90.0 Å². The van der Waals surface area contributed by atoms with Crippen molar-refractivity contribution in [1.29, 1.82) is 0 Å². The predicted molar refractivity (Wildman–Crippen MR) is 138 cm³/mol.